The van der Waals surface area contributed by atoms with Crippen molar-refractivity contribution in [2.75, 3.05) is 0 Å². The van der Waals surface area contributed by atoms with E-state index in [9.17, 15) is 25.2 Å². The van der Waals surface area contributed by atoms with Crippen LogP contribution in [0.2, 0.25) is 0 Å². The maximum absolute atomic E-state index is 11.6. The molecule has 2 aliphatic rings. The third-order valence-corrected chi connectivity index (χ3v) is 6.27. The van der Waals surface area contributed by atoms with Crippen molar-refractivity contribution in [2.24, 2.45) is 11.8 Å². The molecule has 3 heterocycles. The lowest BCUT2D eigenvalue weighted by atomic mass is 9.87. The van der Waals surface area contributed by atoms with Crippen LogP contribution in [0, 0.1) is 11.8 Å². The molecule has 138 valence electrons. The van der Waals surface area contributed by atoms with Crippen LogP contribution in [0.1, 0.15) is 13.8 Å². The van der Waals surface area contributed by atoms with Crippen LogP contribution in [-0.2, 0) is 17.9 Å². The fourth-order valence-electron chi connectivity index (χ4n) is 3.57. The Kier molecular flexibility index (Phi) is 5.05. The van der Waals surface area contributed by atoms with E-state index >= 15 is 0 Å². The second kappa shape index (κ2) is 6.94. The number of fused-ring (bicyclic) bond motifs is 1. The summed E-state index contributed by atoms with van der Waals surface area (Å²) in [6.45, 7) is 4.75. The van der Waals surface area contributed by atoms with E-state index in [2.05, 4.69) is 10.3 Å². The van der Waals surface area contributed by atoms with E-state index < -0.39 is 30.3 Å². The average Bonchev–Trinajstić information content (AvgIpc) is 3.15. The van der Waals surface area contributed by atoms with Gasteiger partial charge in [0.25, 0.3) is 0 Å². The number of hydrogen-bond donors (Lipinski definition) is 5. The van der Waals surface area contributed by atoms with Crippen LogP contribution in [0.4, 0.5) is 0 Å². The minimum Gasteiger partial charge on any atom is -0.481 e. The third kappa shape index (κ3) is 3.39. The molecule has 4 atom stereocenters. The Morgan fingerprint density at radius 2 is 2.20 bits per heavy atom. The summed E-state index contributed by atoms with van der Waals surface area (Å²) < 4.78 is 3.96. The molecular weight excluding hydrogens is 348 g/mol. The van der Waals surface area contributed by atoms with E-state index in [4.69, 9.17) is 0 Å². The SMILES string of the molecule is C[C@@H](O)[C@@H](C(=O)O)[C@@H]1NC(C(O)O)=C(SC2Cn3cnc[n+]3C2)[C@@H]1C. The molecule has 1 aromatic heterocycles. The van der Waals surface area contributed by atoms with E-state index in [1.807, 2.05) is 16.3 Å². The molecule has 0 radical (unpaired) electrons. The maximum atomic E-state index is 11.6. The van der Waals surface area contributed by atoms with Gasteiger partial charge in [0.2, 0.25) is 6.33 Å². The number of aliphatic carboxylic acids is 1. The molecule has 0 aromatic carbocycles. The van der Waals surface area contributed by atoms with E-state index in [0.717, 1.165) is 18.0 Å². The molecule has 5 N–H and O–H groups in total. The highest BCUT2D eigenvalue weighted by atomic mass is 32.2. The number of carbonyl (C=O) groups is 1. The standard InChI is InChI=1S/C15H22N4O5S/c1-7-11(10(8(2)20)14(21)22)17-12(15(23)24)13(7)25-9-3-18-5-16-6-19(18)4-9/h5-11,15,17,20,23-24H,3-4H2,1-2H3/p+1/t7-,8-,10-,11-/m1/s1. The summed E-state index contributed by atoms with van der Waals surface area (Å²) in [4.78, 5) is 16.3. The number of hydrogen-bond acceptors (Lipinski definition) is 7. The summed E-state index contributed by atoms with van der Waals surface area (Å²) in [6.07, 6.45) is 0.703. The molecule has 0 unspecified atom stereocenters. The first kappa shape index (κ1) is 18.2. The van der Waals surface area contributed by atoms with Crippen molar-refractivity contribution < 1.29 is 29.9 Å². The van der Waals surface area contributed by atoms with Crippen molar-refractivity contribution in [3.8, 4) is 0 Å². The molecular formula is C15H23N4O5S+. The topological polar surface area (TPSA) is 132 Å². The largest absolute Gasteiger partial charge is 0.481 e. The zero-order valence-corrected chi connectivity index (χ0v) is 14.8. The quantitative estimate of drug-likeness (QED) is 0.301. The lowest BCUT2D eigenvalue weighted by Gasteiger charge is -2.27. The summed E-state index contributed by atoms with van der Waals surface area (Å²) in [5.41, 5.74) is 0.231. The fraction of sp³-hybridized carbons (Fsp3) is 0.667. The van der Waals surface area contributed by atoms with Gasteiger partial charge in [-0.25, -0.2) is 0 Å². The van der Waals surface area contributed by atoms with Gasteiger partial charge in [-0.15, -0.1) is 11.8 Å². The minimum atomic E-state index is -1.71. The average molecular weight is 371 g/mol. The van der Waals surface area contributed by atoms with Crippen LogP contribution in [-0.4, -0.2) is 59.7 Å². The number of rotatable bonds is 6. The zero-order valence-electron chi connectivity index (χ0n) is 14.0. The van der Waals surface area contributed by atoms with Crippen molar-refractivity contribution in [3.05, 3.63) is 23.3 Å². The summed E-state index contributed by atoms with van der Waals surface area (Å²) in [5, 5.41) is 41.9. The first-order chi connectivity index (χ1) is 11.8. The van der Waals surface area contributed by atoms with Crippen LogP contribution in [0.3, 0.4) is 0 Å². The highest BCUT2D eigenvalue weighted by molar-refractivity contribution is 8.03. The van der Waals surface area contributed by atoms with Gasteiger partial charge in [-0.1, -0.05) is 6.92 Å². The van der Waals surface area contributed by atoms with Crippen LogP contribution < -0.4 is 10.00 Å². The molecule has 0 saturated carbocycles. The first-order valence-electron chi connectivity index (χ1n) is 8.13. The Labute approximate surface area is 149 Å². The molecule has 0 aliphatic carbocycles. The van der Waals surface area contributed by atoms with E-state index in [1.165, 1.54) is 18.7 Å². The van der Waals surface area contributed by atoms with Gasteiger partial charge >= 0.3 is 12.3 Å². The van der Waals surface area contributed by atoms with Gasteiger partial charge in [0.05, 0.1) is 23.6 Å². The number of thioether (sulfide) groups is 1. The van der Waals surface area contributed by atoms with E-state index in [0.29, 0.717) is 0 Å². The van der Waals surface area contributed by atoms with Gasteiger partial charge in [0.15, 0.2) is 6.29 Å². The number of nitrogens with one attached hydrogen (secondary N) is 1. The highest BCUT2D eigenvalue weighted by Crippen LogP contribution is 2.41. The Balaban J connectivity index is 1.79. The molecule has 0 bridgehead atoms. The number of aliphatic hydroxyl groups excluding tert-OH is 2. The molecule has 0 amide bonds. The maximum Gasteiger partial charge on any atom is 0.311 e. The predicted molar refractivity (Wildman–Crippen MR) is 87.9 cm³/mol. The Morgan fingerprint density at radius 3 is 2.76 bits per heavy atom. The van der Waals surface area contributed by atoms with Gasteiger partial charge < -0.3 is 25.7 Å². The second-order valence-corrected chi connectivity index (χ2v) is 7.92. The summed E-state index contributed by atoms with van der Waals surface area (Å²) in [6, 6.07) is -0.605. The Morgan fingerprint density at radius 1 is 1.48 bits per heavy atom. The number of nitrogens with zero attached hydrogens (tertiary/aromatic N) is 3. The number of carboxylic acids is 1. The van der Waals surface area contributed by atoms with Crippen molar-refractivity contribution >= 4 is 17.7 Å². The van der Waals surface area contributed by atoms with Crippen LogP contribution in [0.15, 0.2) is 23.3 Å². The summed E-state index contributed by atoms with van der Waals surface area (Å²) in [5.74, 6) is -2.42. The van der Waals surface area contributed by atoms with Crippen molar-refractivity contribution in [1.82, 2.24) is 15.0 Å². The number of carboxylic acid groups (broad SMARTS) is 1. The normalized spacial score (nSPS) is 28.2. The molecule has 0 fully saturated rings. The molecule has 0 spiro atoms. The lowest BCUT2D eigenvalue weighted by Crippen LogP contribution is -2.46. The second-order valence-electron chi connectivity index (χ2n) is 6.58. The number of aromatic nitrogens is 3. The predicted octanol–water partition coefficient (Wildman–Crippen LogP) is -1.50. The van der Waals surface area contributed by atoms with Crippen molar-refractivity contribution in [1.29, 1.82) is 0 Å². The monoisotopic (exact) mass is 371 g/mol. The molecule has 10 heteroatoms. The van der Waals surface area contributed by atoms with Gasteiger partial charge in [-0.3, -0.25) is 4.79 Å². The van der Waals surface area contributed by atoms with E-state index in [-0.39, 0.29) is 16.9 Å². The zero-order chi connectivity index (χ0) is 18.3. The van der Waals surface area contributed by atoms with Crippen molar-refractivity contribution in [2.45, 2.75) is 50.6 Å². The Bertz CT molecular complexity index is 669. The smallest absolute Gasteiger partial charge is 0.311 e. The third-order valence-electron chi connectivity index (χ3n) is 4.79. The van der Waals surface area contributed by atoms with Crippen LogP contribution in [0.5, 0.6) is 0 Å². The molecule has 1 aromatic rings. The molecule has 9 nitrogen and oxygen atoms in total. The first-order valence-corrected chi connectivity index (χ1v) is 9.01. The fourth-order valence-corrected chi connectivity index (χ4v) is 5.03. The molecule has 3 rings (SSSR count). The number of aliphatic hydroxyl groups is 3. The summed E-state index contributed by atoms with van der Waals surface area (Å²) in [7, 11) is 0. The summed E-state index contributed by atoms with van der Waals surface area (Å²) >= 11 is 1.52. The molecule has 2 aliphatic heterocycles. The lowest BCUT2D eigenvalue weighted by molar-refractivity contribution is -0.758. The van der Waals surface area contributed by atoms with Crippen molar-refractivity contribution in [3.63, 3.8) is 0 Å². The molecule has 25 heavy (non-hydrogen) atoms. The van der Waals surface area contributed by atoms with Gasteiger partial charge in [0, 0.05) is 16.9 Å². The van der Waals surface area contributed by atoms with E-state index in [1.54, 1.807) is 12.7 Å². The van der Waals surface area contributed by atoms with Gasteiger partial charge in [-0.2, -0.15) is 9.36 Å². The minimum absolute atomic E-state index is 0.185. The van der Waals surface area contributed by atoms with Gasteiger partial charge in [-0.05, 0) is 11.9 Å². The molecule has 0 saturated heterocycles. The Hall–Kier alpha value is -1.62. The van der Waals surface area contributed by atoms with Crippen LogP contribution >= 0.6 is 11.8 Å². The van der Waals surface area contributed by atoms with Crippen LogP contribution in [0.25, 0.3) is 0 Å². The van der Waals surface area contributed by atoms with Gasteiger partial charge in [0.1, 0.15) is 12.5 Å². The highest BCUT2D eigenvalue weighted by Gasteiger charge is 2.44.